The first kappa shape index (κ1) is 8.38. The molecule has 3 heteroatoms. The molecule has 1 N–H and O–H groups in total. The highest BCUT2D eigenvalue weighted by molar-refractivity contribution is 7.19. The molecule has 0 aliphatic carbocycles. The first-order valence-electron chi connectivity index (χ1n) is 4.75. The molecule has 0 amide bonds. The Hall–Kier alpha value is -0.930. The van der Waals surface area contributed by atoms with Gasteiger partial charge in [-0.15, -0.1) is 11.3 Å². The zero-order valence-electron chi connectivity index (χ0n) is 7.64. The highest BCUT2D eigenvalue weighted by Gasteiger charge is 2.15. The van der Waals surface area contributed by atoms with Gasteiger partial charge in [-0.25, -0.2) is 4.39 Å². The van der Waals surface area contributed by atoms with E-state index in [4.69, 9.17) is 0 Å². The summed E-state index contributed by atoms with van der Waals surface area (Å²) in [6.07, 6.45) is 1.07. The molecule has 2 heterocycles. The van der Waals surface area contributed by atoms with E-state index in [2.05, 4.69) is 5.32 Å². The smallest absolute Gasteiger partial charge is 0.124 e. The molecular formula is C11H10FNS. The van der Waals surface area contributed by atoms with Crippen molar-refractivity contribution in [3.8, 4) is 0 Å². The molecule has 0 radical (unpaired) electrons. The number of halogens is 1. The summed E-state index contributed by atoms with van der Waals surface area (Å²) in [5, 5.41) is 4.58. The maximum atomic E-state index is 13.0. The van der Waals surface area contributed by atoms with E-state index in [1.54, 1.807) is 23.5 Å². The third-order valence-corrected chi connectivity index (χ3v) is 3.87. The van der Waals surface area contributed by atoms with Crippen LogP contribution < -0.4 is 5.32 Å². The second kappa shape index (κ2) is 3.04. The fourth-order valence-corrected chi connectivity index (χ4v) is 3.25. The predicted octanol–water partition coefficient (Wildman–Crippen LogP) is 2.69. The molecule has 0 fully saturated rings. The third-order valence-electron chi connectivity index (χ3n) is 2.68. The fourth-order valence-electron chi connectivity index (χ4n) is 2.01. The lowest BCUT2D eigenvalue weighted by atomic mass is 10.1. The van der Waals surface area contributed by atoms with Gasteiger partial charge in [0, 0.05) is 16.1 Å². The van der Waals surface area contributed by atoms with Gasteiger partial charge in [0.25, 0.3) is 0 Å². The zero-order chi connectivity index (χ0) is 9.54. The number of thiophene rings is 1. The summed E-state index contributed by atoms with van der Waals surface area (Å²) in [5.74, 6) is -0.135. The second-order valence-electron chi connectivity index (χ2n) is 3.57. The maximum Gasteiger partial charge on any atom is 0.124 e. The van der Waals surface area contributed by atoms with E-state index in [9.17, 15) is 4.39 Å². The molecule has 0 unspecified atom stereocenters. The molecule has 2 aromatic rings. The van der Waals surface area contributed by atoms with Crippen LogP contribution in [0.5, 0.6) is 0 Å². The molecule has 0 saturated carbocycles. The minimum atomic E-state index is -0.135. The van der Waals surface area contributed by atoms with Crippen molar-refractivity contribution in [1.82, 2.24) is 5.32 Å². The SMILES string of the molecule is Fc1ccc2c3c(sc2c1)CNCC3. The molecule has 0 bridgehead atoms. The third kappa shape index (κ3) is 1.16. The summed E-state index contributed by atoms with van der Waals surface area (Å²) in [6.45, 7) is 1.98. The molecular weight excluding hydrogens is 197 g/mol. The van der Waals surface area contributed by atoms with Crippen molar-refractivity contribution in [3.05, 3.63) is 34.5 Å². The summed E-state index contributed by atoms with van der Waals surface area (Å²) >= 11 is 1.71. The van der Waals surface area contributed by atoms with Gasteiger partial charge < -0.3 is 5.32 Å². The molecule has 0 saturated heterocycles. The minimum Gasteiger partial charge on any atom is -0.312 e. The topological polar surface area (TPSA) is 12.0 Å². The van der Waals surface area contributed by atoms with Crippen LogP contribution >= 0.6 is 11.3 Å². The van der Waals surface area contributed by atoms with Crippen molar-refractivity contribution in [1.29, 1.82) is 0 Å². The van der Waals surface area contributed by atoms with Gasteiger partial charge >= 0.3 is 0 Å². The van der Waals surface area contributed by atoms with Gasteiger partial charge in [0.15, 0.2) is 0 Å². The van der Waals surface area contributed by atoms with Crippen LogP contribution in [0.25, 0.3) is 10.1 Å². The average molecular weight is 207 g/mol. The van der Waals surface area contributed by atoms with Crippen molar-refractivity contribution in [3.63, 3.8) is 0 Å². The van der Waals surface area contributed by atoms with E-state index in [0.717, 1.165) is 24.2 Å². The van der Waals surface area contributed by atoms with Crippen LogP contribution in [0.3, 0.4) is 0 Å². The first-order chi connectivity index (χ1) is 6.84. The van der Waals surface area contributed by atoms with Gasteiger partial charge in [0.2, 0.25) is 0 Å². The van der Waals surface area contributed by atoms with Crippen molar-refractivity contribution in [2.75, 3.05) is 6.54 Å². The Morgan fingerprint density at radius 1 is 1.36 bits per heavy atom. The molecule has 72 valence electrons. The van der Waals surface area contributed by atoms with Crippen LogP contribution in [0.4, 0.5) is 4.39 Å². The van der Waals surface area contributed by atoms with Crippen molar-refractivity contribution >= 4 is 21.4 Å². The van der Waals surface area contributed by atoms with Crippen LogP contribution in [0, 0.1) is 5.82 Å². The molecule has 1 aliphatic rings. The van der Waals surface area contributed by atoms with Crippen LogP contribution in [0.1, 0.15) is 10.4 Å². The Bertz CT molecular complexity index is 489. The summed E-state index contributed by atoms with van der Waals surface area (Å²) in [4.78, 5) is 1.37. The Morgan fingerprint density at radius 3 is 3.21 bits per heavy atom. The van der Waals surface area contributed by atoms with Gasteiger partial charge in [-0.2, -0.15) is 0 Å². The molecule has 1 aromatic carbocycles. The Morgan fingerprint density at radius 2 is 2.29 bits per heavy atom. The summed E-state index contributed by atoms with van der Waals surface area (Å²) in [6, 6.07) is 5.10. The molecule has 0 spiro atoms. The summed E-state index contributed by atoms with van der Waals surface area (Å²) < 4.78 is 14.1. The minimum absolute atomic E-state index is 0.135. The lowest BCUT2D eigenvalue weighted by molar-refractivity contribution is 0.630. The van der Waals surface area contributed by atoms with E-state index in [-0.39, 0.29) is 5.82 Å². The molecule has 1 aliphatic heterocycles. The number of nitrogens with one attached hydrogen (secondary N) is 1. The predicted molar refractivity (Wildman–Crippen MR) is 57.2 cm³/mol. The second-order valence-corrected chi connectivity index (χ2v) is 4.71. The van der Waals surface area contributed by atoms with E-state index in [0.29, 0.717) is 0 Å². The number of hydrogen-bond acceptors (Lipinski definition) is 2. The van der Waals surface area contributed by atoms with Crippen LogP contribution in [-0.4, -0.2) is 6.54 Å². The fraction of sp³-hybridized carbons (Fsp3) is 0.273. The van der Waals surface area contributed by atoms with Crippen LogP contribution in [-0.2, 0) is 13.0 Å². The van der Waals surface area contributed by atoms with Gasteiger partial charge in [0.1, 0.15) is 5.82 Å². The first-order valence-corrected chi connectivity index (χ1v) is 5.57. The number of rotatable bonds is 0. The van der Waals surface area contributed by atoms with Gasteiger partial charge in [-0.1, -0.05) is 6.07 Å². The number of benzene rings is 1. The van der Waals surface area contributed by atoms with Crippen molar-refractivity contribution in [2.24, 2.45) is 0 Å². The molecule has 3 rings (SSSR count). The standard InChI is InChI=1S/C11H10FNS/c12-7-1-2-8-9-3-4-13-6-11(9)14-10(8)5-7/h1-2,5,13H,3-4,6H2. The van der Waals surface area contributed by atoms with Gasteiger partial charge in [-0.3, -0.25) is 0 Å². The zero-order valence-corrected chi connectivity index (χ0v) is 8.46. The Kier molecular flexibility index (Phi) is 1.82. The number of hydrogen-bond donors (Lipinski definition) is 1. The number of fused-ring (bicyclic) bond motifs is 3. The highest BCUT2D eigenvalue weighted by atomic mass is 32.1. The highest BCUT2D eigenvalue weighted by Crippen LogP contribution is 2.33. The Labute approximate surface area is 85.6 Å². The van der Waals surface area contributed by atoms with E-state index in [1.165, 1.54) is 15.8 Å². The molecule has 0 atom stereocenters. The lowest BCUT2D eigenvalue weighted by Gasteiger charge is -2.12. The summed E-state index contributed by atoms with van der Waals surface area (Å²) in [7, 11) is 0. The lowest BCUT2D eigenvalue weighted by Crippen LogP contribution is -2.21. The van der Waals surface area contributed by atoms with E-state index in [1.807, 2.05) is 6.07 Å². The average Bonchev–Trinajstić information content (AvgIpc) is 2.54. The Balaban J connectivity index is 2.31. The maximum absolute atomic E-state index is 13.0. The van der Waals surface area contributed by atoms with Gasteiger partial charge in [0.05, 0.1) is 0 Å². The van der Waals surface area contributed by atoms with Gasteiger partial charge in [-0.05, 0) is 36.0 Å². The van der Waals surface area contributed by atoms with E-state index >= 15 is 0 Å². The largest absolute Gasteiger partial charge is 0.312 e. The summed E-state index contributed by atoms with van der Waals surface area (Å²) in [5.41, 5.74) is 1.42. The molecule has 1 aromatic heterocycles. The van der Waals surface area contributed by atoms with Crippen molar-refractivity contribution < 1.29 is 4.39 Å². The molecule has 14 heavy (non-hydrogen) atoms. The van der Waals surface area contributed by atoms with Crippen LogP contribution in [0.15, 0.2) is 18.2 Å². The quantitative estimate of drug-likeness (QED) is 0.700. The monoisotopic (exact) mass is 207 g/mol. The molecule has 1 nitrogen and oxygen atoms in total. The van der Waals surface area contributed by atoms with Crippen LogP contribution in [0.2, 0.25) is 0 Å². The normalized spacial score (nSPS) is 15.8. The van der Waals surface area contributed by atoms with Crippen molar-refractivity contribution in [2.45, 2.75) is 13.0 Å². The van der Waals surface area contributed by atoms with E-state index < -0.39 is 0 Å².